The Morgan fingerprint density at radius 3 is 2.15 bits per heavy atom. The monoisotopic (exact) mass is 749 g/mol. The van der Waals surface area contributed by atoms with Gasteiger partial charge in [-0.15, -0.1) is 0 Å². The van der Waals surface area contributed by atoms with E-state index in [2.05, 4.69) is 60.1 Å². The van der Waals surface area contributed by atoms with Gasteiger partial charge in [-0.25, -0.2) is 4.98 Å². The van der Waals surface area contributed by atoms with Gasteiger partial charge in [0.25, 0.3) is 0 Å². The highest BCUT2D eigenvalue weighted by Gasteiger charge is 2.21. The minimum absolute atomic E-state index is 0.000458. The number of aromatic nitrogens is 1. The van der Waals surface area contributed by atoms with Crippen molar-refractivity contribution in [2.24, 2.45) is 0 Å². The van der Waals surface area contributed by atoms with Crippen LogP contribution in [0.15, 0.2) is 109 Å². The number of amides is 1. The third-order valence-electron chi connectivity index (χ3n) is 9.36. The molecule has 1 fully saturated rings. The molecule has 7 nitrogen and oxygen atoms in total. The van der Waals surface area contributed by atoms with Gasteiger partial charge in [0.1, 0.15) is 24.7 Å². The Balaban J connectivity index is 0.963. The second-order valence-corrected chi connectivity index (χ2v) is 14.5. The van der Waals surface area contributed by atoms with Crippen molar-refractivity contribution in [1.29, 1.82) is 0 Å². The lowest BCUT2D eigenvalue weighted by atomic mass is 10.0. The molecule has 4 aromatic carbocycles. The van der Waals surface area contributed by atoms with E-state index in [0.29, 0.717) is 59.6 Å². The van der Waals surface area contributed by atoms with Crippen LogP contribution in [0, 0.1) is 6.92 Å². The van der Waals surface area contributed by atoms with E-state index >= 15 is 0 Å². The number of carbonyl (C=O) groups is 1. The summed E-state index contributed by atoms with van der Waals surface area (Å²) in [6.45, 7) is 12.9. The first-order valence-corrected chi connectivity index (χ1v) is 18.7. The molecule has 1 aliphatic rings. The molecule has 0 bridgehead atoms. The number of nitrogens with zero attached hydrogens (tertiary/aromatic N) is 3. The number of ether oxygens (including phenoxy) is 3. The summed E-state index contributed by atoms with van der Waals surface area (Å²) in [7, 11) is 0. The van der Waals surface area contributed by atoms with Crippen molar-refractivity contribution in [1.82, 2.24) is 14.8 Å². The average Bonchev–Trinajstić information content (AvgIpc) is 3.16. The Morgan fingerprint density at radius 2 is 1.49 bits per heavy atom. The minimum Gasteiger partial charge on any atom is -0.489 e. The lowest BCUT2D eigenvalue weighted by Gasteiger charge is -2.34. The van der Waals surface area contributed by atoms with E-state index in [9.17, 15) is 4.79 Å². The summed E-state index contributed by atoms with van der Waals surface area (Å²) >= 11 is 12.9. The van der Waals surface area contributed by atoms with E-state index in [0.717, 1.165) is 53.2 Å². The number of benzene rings is 4. The first-order chi connectivity index (χ1) is 25.6. The number of piperazine rings is 1. The molecule has 0 saturated carbocycles. The third kappa shape index (κ3) is 10.4. The van der Waals surface area contributed by atoms with Crippen molar-refractivity contribution < 1.29 is 19.0 Å². The summed E-state index contributed by atoms with van der Waals surface area (Å²) in [6, 6.07) is 31.8. The largest absolute Gasteiger partial charge is 0.489 e. The maximum Gasteiger partial charge on any atom is 0.246 e. The van der Waals surface area contributed by atoms with E-state index in [-0.39, 0.29) is 5.91 Å². The Morgan fingerprint density at radius 1 is 0.811 bits per heavy atom. The van der Waals surface area contributed by atoms with E-state index in [4.69, 9.17) is 37.4 Å². The number of rotatable bonds is 13. The SMILES string of the molecule is C/C(=C\C(=O)N1CCN(Cc2ccc(COc3ccc(C(C)C)cc3)cc2)CC1)c1cc(C)c(Oc2ccc(OCc3ccccc3Cl)cn2)c(Cl)c1. The van der Waals surface area contributed by atoms with Gasteiger partial charge in [0.15, 0.2) is 5.75 Å². The third-order valence-corrected chi connectivity index (χ3v) is 10.0. The zero-order chi connectivity index (χ0) is 37.3. The highest BCUT2D eigenvalue weighted by atomic mass is 35.5. The fraction of sp³-hybridized carbons (Fsp3) is 0.273. The normalized spacial score (nSPS) is 13.6. The number of carbonyl (C=O) groups excluding carboxylic acids is 1. The molecule has 0 atom stereocenters. The molecule has 0 N–H and O–H groups in total. The lowest BCUT2D eigenvalue weighted by molar-refractivity contribution is -0.127. The van der Waals surface area contributed by atoms with Crippen molar-refractivity contribution in [2.45, 2.75) is 53.4 Å². The molecule has 1 aliphatic heterocycles. The predicted octanol–water partition coefficient (Wildman–Crippen LogP) is 10.5. The maximum absolute atomic E-state index is 13.3. The molecule has 1 amide bonds. The van der Waals surface area contributed by atoms with Gasteiger partial charge >= 0.3 is 0 Å². The predicted molar refractivity (Wildman–Crippen MR) is 213 cm³/mol. The van der Waals surface area contributed by atoms with Crippen LogP contribution in [0.1, 0.15) is 60.1 Å². The molecular formula is C44H45Cl2N3O4. The molecule has 1 aromatic heterocycles. The van der Waals surface area contributed by atoms with Gasteiger partial charge in [-0.05, 0) is 89.6 Å². The number of hydrogen-bond donors (Lipinski definition) is 0. The lowest BCUT2D eigenvalue weighted by Crippen LogP contribution is -2.47. The van der Waals surface area contributed by atoms with Crippen LogP contribution < -0.4 is 14.2 Å². The van der Waals surface area contributed by atoms with Gasteiger partial charge in [0, 0.05) is 55.5 Å². The molecule has 6 rings (SSSR count). The Labute approximate surface area is 322 Å². The van der Waals surface area contributed by atoms with E-state index in [1.165, 1.54) is 11.1 Å². The molecule has 53 heavy (non-hydrogen) atoms. The van der Waals surface area contributed by atoms with Crippen LogP contribution in [0.3, 0.4) is 0 Å². The number of hydrogen-bond acceptors (Lipinski definition) is 6. The summed E-state index contributed by atoms with van der Waals surface area (Å²) in [4.78, 5) is 22.0. The smallest absolute Gasteiger partial charge is 0.246 e. The van der Waals surface area contributed by atoms with Gasteiger partial charge in [-0.3, -0.25) is 9.69 Å². The molecule has 0 spiro atoms. The number of aryl methyl sites for hydroxylation is 1. The first-order valence-electron chi connectivity index (χ1n) is 17.9. The number of halogens is 2. The van der Waals surface area contributed by atoms with E-state index < -0.39 is 0 Å². The molecule has 0 radical (unpaired) electrons. The summed E-state index contributed by atoms with van der Waals surface area (Å²) in [5, 5.41) is 1.09. The van der Waals surface area contributed by atoms with Crippen LogP contribution in [-0.2, 0) is 24.6 Å². The van der Waals surface area contributed by atoms with Crippen molar-refractivity contribution >= 4 is 34.7 Å². The maximum atomic E-state index is 13.3. The average molecular weight is 751 g/mol. The molecular weight excluding hydrogens is 705 g/mol. The van der Waals surface area contributed by atoms with Crippen molar-refractivity contribution in [3.05, 3.63) is 153 Å². The van der Waals surface area contributed by atoms with E-state index in [1.807, 2.05) is 67.3 Å². The molecule has 1 saturated heterocycles. The quantitative estimate of drug-likeness (QED) is 0.112. The van der Waals surface area contributed by atoms with Crippen molar-refractivity contribution in [3.63, 3.8) is 0 Å². The molecule has 2 heterocycles. The minimum atomic E-state index is 0.000458. The molecule has 9 heteroatoms. The second kappa shape index (κ2) is 17.8. The zero-order valence-corrected chi connectivity index (χ0v) is 32.2. The van der Waals surface area contributed by atoms with Crippen LogP contribution in [-0.4, -0.2) is 46.9 Å². The molecule has 5 aromatic rings. The molecule has 274 valence electrons. The van der Waals surface area contributed by atoms with Gasteiger partial charge in [0.05, 0.1) is 11.2 Å². The Bertz CT molecular complexity index is 2000. The topological polar surface area (TPSA) is 64.1 Å². The van der Waals surface area contributed by atoms with Gasteiger partial charge < -0.3 is 19.1 Å². The summed E-state index contributed by atoms with van der Waals surface area (Å²) in [5.74, 6) is 2.88. The van der Waals surface area contributed by atoms with Crippen molar-refractivity contribution in [3.8, 4) is 23.1 Å². The van der Waals surface area contributed by atoms with Gasteiger partial charge in [-0.2, -0.15) is 0 Å². The Hall–Kier alpha value is -4.82. The van der Waals surface area contributed by atoms with Gasteiger partial charge in [-0.1, -0.05) is 91.6 Å². The fourth-order valence-corrected chi connectivity index (χ4v) is 6.58. The van der Waals surface area contributed by atoms with E-state index in [1.54, 1.807) is 24.4 Å². The van der Waals surface area contributed by atoms with Crippen molar-refractivity contribution in [2.75, 3.05) is 26.2 Å². The van der Waals surface area contributed by atoms with Gasteiger partial charge in [0.2, 0.25) is 11.8 Å². The van der Waals surface area contributed by atoms with Crippen LogP contribution in [0.4, 0.5) is 0 Å². The Kier molecular flexibility index (Phi) is 12.7. The first kappa shape index (κ1) is 37.9. The number of pyridine rings is 1. The molecule has 0 unspecified atom stereocenters. The molecule has 0 aliphatic carbocycles. The van der Waals surface area contributed by atoms with Crippen LogP contribution >= 0.6 is 23.2 Å². The zero-order valence-electron chi connectivity index (χ0n) is 30.6. The summed E-state index contributed by atoms with van der Waals surface area (Å²) < 4.78 is 17.9. The van der Waals surface area contributed by atoms with Crippen LogP contribution in [0.25, 0.3) is 5.57 Å². The summed E-state index contributed by atoms with van der Waals surface area (Å²) in [5.41, 5.74) is 7.12. The standard InChI is InChI=1S/C44H45Cl2N3O4/c1-30(2)35-13-15-38(16-14-35)51-28-34-11-9-33(10-12-34)27-48-19-21-49(22-20-48)43(50)24-31(3)37-23-32(4)44(41(46)25-37)53-42-18-17-39(26-47-42)52-29-36-7-5-6-8-40(36)45/h5-18,23-26,30H,19-22,27-29H2,1-4H3/b31-24+. The second-order valence-electron chi connectivity index (χ2n) is 13.7. The van der Waals surface area contributed by atoms with Crippen LogP contribution in [0.2, 0.25) is 10.0 Å². The number of allylic oxidation sites excluding steroid dienone is 1. The highest BCUT2D eigenvalue weighted by Crippen LogP contribution is 2.35. The fourth-order valence-electron chi connectivity index (χ4n) is 6.08. The van der Waals surface area contributed by atoms with Crippen LogP contribution in [0.5, 0.6) is 23.1 Å². The summed E-state index contributed by atoms with van der Waals surface area (Å²) in [6.07, 6.45) is 3.30. The highest BCUT2D eigenvalue weighted by molar-refractivity contribution is 6.32.